The van der Waals surface area contributed by atoms with Crippen LogP contribution in [-0.4, -0.2) is 59.2 Å². The smallest absolute Gasteiger partial charge is 0.227 e. The van der Waals surface area contributed by atoms with Crippen molar-refractivity contribution in [3.63, 3.8) is 0 Å². The molecule has 0 unspecified atom stereocenters. The zero-order valence-corrected chi connectivity index (χ0v) is 14.6. The fourth-order valence-electron chi connectivity index (χ4n) is 3.15. The maximum atomic E-state index is 13.6. The van der Waals surface area contributed by atoms with Crippen LogP contribution >= 0.6 is 0 Å². The van der Waals surface area contributed by atoms with Gasteiger partial charge in [0.15, 0.2) is 0 Å². The van der Waals surface area contributed by atoms with Crippen molar-refractivity contribution < 1.29 is 8.91 Å². The number of benzene rings is 1. The molecule has 0 bridgehead atoms. The van der Waals surface area contributed by atoms with Crippen LogP contribution in [-0.2, 0) is 6.42 Å². The van der Waals surface area contributed by atoms with Gasteiger partial charge in [-0.25, -0.2) is 4.39 Å². The molecule has 0 amide bonds. The van der Waals surface area contributed by atoms with Gasteiger partial charge >= 0.3 is 0 Å². The zero-order chi connectivity index (χ0) is 17.1. The van der Waals surface area contributed by atoms with E-state index in [1.54, 1.807) is 13.0 Å². The second kappa shape index (κ2) is 7.40. The summed E-state index contributed by atoms with van der Waals surface area (Å²) < 4.78 is 19.0. The Hall–Kier alpha value is -1.79. The lowest BCUT2D eigenvalue weighted by Crippen LogP contribution is -2.50. The lowest BCUT2D eigenvalue weighted by Gasteiger charge is -2.38. The van der Waals surface area contributed by atoms with Crippen LogP contribution < -0.4 is 0 Å². The summed E-state index contributed by atoms with van der Waals surface area (Å²) in [6, 6.07) is 5.59. The topological polar surface area (TPSA) is 45.4 Å². The molecule has 130 valence electrons. The van der Waals surface area contributed by atoms with E-state index in [9.17, 15) is 4.39 Å². The van der Waals surface area contributed by atoms with E-state index in [1.165, 1.54) is 6.07 Å². The number of halogens is 1. The second-order valence-corrected chi connectivity index (χ2v) is 6.73. The first kappa shape index (κ1) is 17.0. The highest BCUT2D eigenvalue weighted by Gasteiger charge is 2.21. The minimum Gasteiger partial charge on any atom is -0.339 e. The number of likely N-dealkylation sites (N-methyl/N-ethyl adjacent to an activating group) is 1. The molecule has 0 N–H and O–H groups in total. The molecule has 0 saturated carbocycles. The van der Waals surface area contributed by atoms with Crippen molar-refractivity contribution in [1.29, 1.82) is 0 Å². The van der Waals surface area contributed by atoms with Gasteiger partial charge in [-0.15, -0.1) is 0 Å². The molecule has 5 nitrogen and oxygen atoms in total. The largest absolute Gasteiger partial charge is 0.339 e. The van der Waals surface area contributed by atoms with Crippen LogP contribution in [0.3, 0.4) is 0 Å². The molecule has 2 heterocycles. The Labute approximate surface area is 142 Å². The standard InChI is InChI=1S/C18H25FN4O/c1-13-6-7-15(11-16(13)19)18-20-17(24-21-18)5-4-8-23-10-9-22(3)12-14(23)2/h6-7,11,14H,4-5,8-10,12H2,1-3H3/t14-/m0/s1. The van der Waals surface area contributed by atoms with E-state index < -0.39 is 0 Å². The third kappa shape index (κ3) is 3.99. The molecule has 1 atom stereocenters. The highest BCUT2D eigenvalue weighted by atomic mass is 19.1. The van der Waals surface area contributed by atoms with Gasteiger partial charge in [0.2, 0.25) is 11.7 Å². The molecule has 24 heavy (non-hydrogen) atoms. The van der Waals surface area contributed by atoms with Crippen LogP contribution in [0.4, 0.5) is 4.39 Å². The number of rotatable bonds is 5. The van der Waals surface area contributed by atoms with E-state index in [-0.39, 0.29) is 5.82 Å². The zero-order valence-electron chi connectivity index (χ0n) is 14.6. The molecule has 0 spiro atoms. The summed E-state index contributed by atoms with van der Waals surface area (Å²) >= 11 is 0. The molecule has 0 radical (unpaired) electrons. The first-order valence-electron chi connectivity index (χ1n) is 8.54. The fourth-order valence-corrected chi connectivity index (χ4v) is 3.15. The van der Waals surface area contributed by atoms with Crippen molar-refractivity contribution in [3.05, 3.63) is 35.5 Å². The summed E-state index contributed by atoms with van der Waals surface area (Å²) in [5.74, 6) is 0.826. The van der Waals surface area contributed by atoms with E-state index >= 15 is 0 Å². The van der Waals surface area contributed by atoms with Gasteiger partial charge in [-0.2, -0.15) is 4.98 Å². The molecular weight excluding hydrogens is 307 g/mol. The summed E-state index contributed by atoms with van der Waals surface area (Å²) in [5.41, 5.74) is 1.27. The fraction of sp³-hybridized carbons (Fsp3) is 0.556. The van der Waals surface area contributed by atoms with Crippen LogP contribution in [0.2, 0.25) is 0 Å². The van der Waals surface area contributed by atoms with Crippen LogP contribution in [0.5, 0.6) is 0 Å². The molecule has 1 aromatic carbocycles. The van der Waals surface area contributed by atoms with Gasteiger partial charge in [-0.1, -0.05) is 17.3 Å². The van der Waals surface area contributed by atoms with Crippen LogP contribution in [0.15, 0.2) is 22.7 Å². The molecule has 1 aliphatic rings. The quantitative estimate of drug-likeness (QED) is 0.842. The number of hydrogen-bond donors (Lipinski definition) is 0. The predicted octanol–water partition coefficient (Wildman–Crippen LogP) is 2.75. The number of piperazine rings is 1. The molecule has 1 aliphatic heterocycles. The van der Waals surface area contributed by atoms with Crippen LogP contribution in [0.1, 0.15) is 24.8 Å². The van der Waals surface area contributed by atoms with Gasteiger partial charge in [-0.05, 0) is 45.5 Å². The van der Waals surface area contributed by atoms with Crippen LogP contribution in [0, 0.1) is 12.7 Å². The molecule has 1 fully saturated rings. The molecule has 2 aromatic rings. The average molecular weight is 332 g/mol. The van der Waals surface area contributed by atoms with Crippen molar-refractivity contribution in [2.24, 2.45) is 0 Å². The normalized spacial score (nSPS) is 19.8. The second-order valence-electron chi connectivity index (χ2n) is 6.73. The van der Waals surface area contributed by atoms with E-state index in [1.807, 2.05) is 6.07 Å². The van der Waals surface area contributed by atoms with Crippen molar-refractivity contribution in [1.82, 2.24) is 19.9 Å². The summed E-state index contributed by atoms with van der Waals surface area (Å²) in [4.78, 5) is 9.27. The predicted molar refractivity (Wildman–Crippen MR) is 91.3 cm³/mol. The first-order chi connectivity index (χ1) is 11.5. The number of nitrogens with zero attached hydrogens (tertiary/aromatic N) is 4. The van der Waals surface area contributed by atoms with Gasteiger partial charge in [0.1, 0.15) is 5.82 Å². The van der Waals surface area contributed by atoms with Gasteiger partial charge in [0.05, 0.1) is 0 Å². The first-order valence-corrected chi connectivity index (χ1v) is 8.54. The Kier molecular flexibility index (Phi) is 5.26. The van der Waals surface area contributed by atoms with Gasteiger partial charge < -0.3 is 9.42 Å². The Balaban J connectivity index is 1.54. The third-order valence-electron chi connectivity index (χ3n) is 4.70. The Morgan fingerprint density at radius 1 is 1.33 bits per heavy atom. The molecule has 1 aromatic heterocycles. The SMILES string of the molecule is Cc1ccc(-c2noc(CCCN3CCN(C)C[C@@H]3C)n2)cc1F. The lowest BCUT2D eigenvalue weighted by atomic mass is 10.1. The monoisotopic (exact) mass is 332 g/mol. The van der Waals surface area contributed by atoms with E-state index in [0.29, 0.717) is 28.9 Å². The van der Waals surface area contributed by atoms with E-state index in [4.69, 9.17) is 4.52 Å². The molecule has 1 saturated heterocycles. The van der Waals surface area contributed by atoms with E-state index in [2.05, 4.69) is 33.9 Å². The van der Waals surface area contributed by atoms with Crippen molar-refractivity contribution >= 4 is 0 Å². The minimum atomic E-state index is -0.247. The van der Waals surface area contributed by atoms with Crippen molar-refractivity contribution in [3.8, 4) is 11.4 Å². The average Bonchev–Trinajstić information content (AvgIpc) is 3.01. The third-order valence-corrected chi connectivity index (χ3v) is 4.70. The van der Waals surface area contributed by atoms with Gasteiger partial charge in [0, 0.05) is 37.7 Å². The molecule has 0 aliphatic carbocycles. The number of aromatic nitrogens is 2. The minimum absolute atomic E-state index is 0.247. The van der Waals surface area contributed by atoms with Gasteiger partial charge in [-0.3, -0.25) is 4.90 Å². The molecular formula is C18H25FN4O. The summed E-state index contributed by atoms with van der Waals surface area (Å²) in [6.45, 7) is 8.38. The molecule has 3 rings (SSSR count). The number of aryl methyl sites for hydroxylation is 2. The summed E-state index contributed by atoms with van der Waals surface area (Å²) in [6.07, 6.45) is 1.73. The maximum Gasteiger partial charge on any atom is 0.227 e. The number of hydrogen-bond acceptors (Lipinski definition) is 5. The summed E-state index contributed by atoms with van der Waals surface area (Å²) in [7, 11) is 2.17. The maximum absolute atomic E-state index is 13.6. The Morgan fingerprint density at radius 2 is 2.17 bits per heavy atom. The Bertz CT molecular complexity index is 687. The van der Waals surface area contributed by atoms with Crippen molar-refractivity contribution in [2.75, 3.05) is 33.2 Å². The highest BCUT2D eigenvalue weighted by molar-refractivity contribution is 5.54. The van der Waals surface area contributed by atoms with E-state index in [0.717, 1.165) is 39.0 Å². The molecule has 6 heteroatoms. The highest BCUT2D eigenvalue weighted by Crippen LogP contribution is 2.19. The lowest BCUT2D eigenvalue weighted by molar-refractivity contribution is 0.0986. The van der Waals surface area contributed by atoms with Gasteiger partial charge in [0.25, 0.3) is 0 Å². The van der Waals surface area contributed by atoms with Crippen LogP contribution in [0.25, 0.3) is 11.4 Å². The van der Waals surface area contributed by atoms with Crippen molar-refractivity contribution in [2.45, 2.75) is 32.7 Å². The summed E-state index contributed by atoms with van der Waals surface area (Å²) in [5, 5.41) is 3.97. The Morgan fingerprint density at radius 3 is 2.92 bits per heavy atom.